The molecule has 4 heteroatoms. The van der Waals surface area contributed by atoms with Crippen LogP contribution in [0.1, 0.15) is 0 Å². The molecule has 0 atom stereocenters. The molecule has 0 saturated heterocycles. The van der Waals surface area contributed by atoms with E-state index in [1.807, 2.05) is 30.3 Å². The summed E-state index contributed by atoms with van der Waals surface area (Å²) in [5.41, 5.74) is 0. The Morgan fingerprint density at radius 3 is 2.42 bits per heavy atom. The second kappa shape index (κ2) is 7.12. The minimum Gasteiger partial charge on any atom is -0.549 e. The molecule has 2 nitrogen and oxygen atoms in total. The number of hydrogen-bond acceptors (Lipinski definition) is 3. The molecule has 0 radical (unpaired) electrons. The molecule has 0 aliphatic heterocycles. The van der Waals surface area contributed by atoms with E-state index in [0.29, 0.717) is 0 Å². The Hall–Kier alpha value is 0.676. The van der Waals surface area contributed by atoms with Crippen molar-refractivity contribution in [1.82, 2.24) is 0 Å². The van der Waals surface area contributed by atoms with Gasteiger partial charge in [0.05, 0.1) is 5.97 Å². The van der Waals surface area contributed by atoms with Crippen molar-refractivity contribution in [3.8, 4) is 0 Å². The van der Waals surface area contributed by atoms with Gasteiger partial charge in [-0.25, -0.2) is 0 Å². The quantitative estimate of drug-likeness (QED) is 0.406. The first-order valence-electron chi connectivity index (χ1n) is 3.17. The fraction of sp³-hybridized carbons (Fsp3) is 0.125. The maximum atomic E-state index is 10.0. The molecule has 0 spiro atoms. The van der Waals surface area contributed by atoms with E-state index in [-0.39, 0.29) is 57.1 Å². The summed E-state index contributed by atoms with van der Waals surface area (Å²) < 4.78 is 0. The van der Waals surface area contributed by atoms with Crippen molar-refractivity contribution in [2.75, 3.05) is 5.75 Å². The third-order valence-corrected chi connectivity index (χ3v) is 2.09. The van der Waals surface area contributed by atoms with Crippen LogP contribution in [0, 0.1) is 0 Å². The Morgan fingerprint density at radius 2 is 1.92 bits per heavy atom. The number of thioether (sulfide) groups is 1. The summed E-state index contributed by atoms with van der Waals surface area (Å²) >= 11 is 1.27. The molecule has 0 unspecified atom stereocenters. The normalized spacial score (nSPS) is 8.67. The van der Waals surface area contributed by atoms with Gasteiger partial charge >= 0.3 is 51.4 Å². The molecule has 58 valence electrons. The number of carbonyl (C=O) groups is 1. The SMILES string of the molecule is O=C([O-])CSc1ccccc1.[K+]. The summed E-state index contributed by atoms with van der Waals surface area (Å²) in [4.78, 5) is 11.0. The number of hydrogen-bond donors (Lipinski definition) is 0. The van der Waals surface area contributed by atoms with Crippen molar-refractivity contribution >= 4 is 17.7 Å². The number of benzene rings is 1. The van der Waals surface area contributed by atoms with Crippen LogP contribution < -0.4 is 56.5 Å². The van der Waals surface area contributed by atoms with Crippen molar-refractivity contribution in [3.63, 3.8) is 0 Å². The maximum Gasteiger partial charge on any atom is 1.00 e. The fourth-order valence-electron chi connectivity index (χ4n) is 0.659. The van der Waals surface area contributed by atoms with Crippen molar-refractivity contribution < 1.29 is 61.3 Å². The molecular weight excluding hydrogens is 199 g/mol. The van der Waals surface area contributed by atoms with Gasteiger partial charge in [-0.2, -0.15) is 0 Å². The van der Waals surface area contributed by atoms with Crippen LogP contribution in [0.5, 0.6) is 0 Å². The monoisotopic (exact) mass is 206 g/mol. The summed E-state index contributed by atoms with van der Waals surface area (Å²) in [6.07, 6.45) is 0. The van der Waals surface area contributed by atoms with Crippen LogP contribution in [0.15, 0.2) is 35.2 Å². The van der Waals surface area contributed by atoms with Crippen molar-refractivity contribution in [2.24, 2.45) is 0 Å². The molecule has 1 aromatic carbocycles. The first-order valence-corrected chi connectivity index (χ1v) is 4.15. The van der Waals surface area contributed by atoms with Gasteiger partial charge in [-0.05, 0) is 12.1 Å². The van der Waals surface area contributed by atoms with Gasteiger partial charge in [0.25, 0.3) is 0 Å². The third-order valence-electron chi connectivity index (χ3n) is 1.10. The zero-order valence-corrected chi connectivity index (χ0v) is 10.8. The smallest absolute Gasteiger partial charge is 0.549 e. The molecule has 1 rings (SSSR count). The van der Waals surface area contributed by atoms with Gasteiger partial charge in [0.2, 0.25) is 0 Å². The van der Waals surface area contributed by atoms with Gasteiger partial charge in [-0.3, -0.25) is 0 Å². The van der Waals surface area contributed by atoms with Crippen LogP contribution in [0.25, 0.3) is 0 Å². The second-order valence-corrected chi connectivity index (χ2v) is 3.02. The van der Waals surface area contributed by atoms with Crippen LogP contribution in [0.3, 0.4) is 0 Å². The van der Waals surface area contributed by atoms with Gasteiger partial charge in [-0.15, -0.1) is 11.8 Å². The molecular formula is C8H7KO2S. The summed E-state index contributed by atoms with van der Waals surface area (Å²) in [6.45, 7) is 0. The topological polar surface area (TPSA) is 40.1 Å². The van der Waals surface area contributed by atoms with E-state index in [1.54, 1.807) is 0 Å². The molecule has 0 fully saturated rings. The van der Waals surface area contributed by atoms with Gasteiger partial charge in [0.15, 0.2) is 0 Å². The van der Waals surface area contributed by atoms with Crippen LogP contribution in [0.2, 0.25) is 0 Å². The second-order valence-electron chi connectivity index (χ2n) is 1.97. The van der Waals surface area contributed by atoms with E-state index in [4.69, 9.17) is 0 Å². The average Bonchev–Trinajstić information content (AvgIpc) is 2.03. The molecule has 0 amide bonds. The summed E-state index contributed by atoms with van der Waals surface area (Å²) in [5, 5.41) is 10.0. The minimum absolute atomic E-state index is 0. The number of carbonyl (C=O) groups excluding carboxylic acids is 1. The predicted octanol–water partition coefficient (Wildman–Crippen LogP) is -2.47. The zero-order valence-electron chi connectivity index (χ0n) is 6.82. The zero-order chi connectivity index (χ0) is 8.10. The summed E-state index contributed by atoms with van der Waals surface area (Å²) in [7, 11) is 0. The largest absolute Gasteiger partial charge is 1.00 e. The molecule has 1 aromatic rings. The van der Waals surface area contributed by atoms with E-state index in [9.17, 15) is 9.90 Å². The number of carboxylic acid groups (broad SMARTS) is 1. The Morgan fingerprint density at radius 1 is 1.33 bits per heavy atom. The number of carboxylic acids is 1. The first-order chi connectivity index (χ1) is 5.29. The van der Waals surface area contributed by atoms with Crippen molar-refractivity contribution in [1.29, 1.82) is 0 Å². The van der Waals surface area contributed by atoms with E-state index in [0.717, 1.165) is 4.90 Å². The minimum atomic E-state index is -1.03. The Bertz CT molecular complexity index is 238. The van der Waals surface area contributed by atoms with E-state index in [2.05, 4.69) is 0 Å². The predicted molar refractivity (Wildman–Crippen MR) is 42.2 cm³/mol. The molecule has 0 aliphatic carbocycles. The average molecular weight is 206 g/mol. The molecule has 0 heterocycles. The van der Waals surface area contributed by atoms with Gasteiger partial charge < -0.3 is 9.90 Å². The molecule has 0 saturated carbocycles. The Balaban J connectivity index is 0.00000121. The van der Waals surface area contributed by atoms with Gasteiger partial charge in [-0.1, -0.05) is 18.2 Å². The van der Waals surface area contributed by atoms with Gasteiger partial charge in [0, 0.05) is 10.6 Å². The van der Waals surface area contributed by atoms with Crippen LogP contribution >= 0.6 is 11.8 Å². The maximum absolute atomic E-state index is 10.0. The van der Waals surface area contributed by atoms with Crippen molar-refractivity contribution in [2.45, 2.75) is 4.90 Å². The van der Waals surface area contributed by atoms with E-state index >= 15 is 0 Å². The van der Waals surface area contributed by atoms with E-state index in [1.165, 1.54) is 11.8 Å². The molecule has 0 aromatic heterocycles. The molecule has 0 aliphatic rings. The van der Waals surface area contributed by atoms with Crippen molar-refractivity contribution in [3.05, 3.63) is 30.3 Å². The molecule has 12 heavy (non-hydrogen) atoms. The number of aliphatic carboxylic acids is 1. The van der Waals surface area contributed by atoms with E-state index < -0.39 is 5.97 Å². The first kappa shape index (κ1) is 12.7. The summed E-state index contributed by atoms with van der Waals surface area (Å²) in [5.74, 6) is -1.01. The molecule has 0 bridgehead atoms. The van der Waals surface area contributed by atoms with Gasteiger partial charge in [0.1, 0.15) is 0 Å². The van der Waals surface area contributed by atoms with Crippen LogP contribution in [-0.4, -0.2) is 11.7 Å². The Kier molecular flexibility index (Phi) is 7.52. The third kappa shape index (κ3) is 5.34. The molecule has 0 N–H and O–H groups in total. The fourth-order valence-corrected chi connectivity index (χ4v) is 1.29. The number of rotatable bonds is 3. The van der Waals surface area contributed by atoms with Crippen LogP contribution in [-0.2, 0) is 4.79 Å². The van der Waals surface area contributed by atoms with Crippen LogP contribution in [0.4, 0.5) is 0 Å². The standard InChI is InChI=1S/C8H8O2S.K/c9-8(10)6-11-7-4-2-1-3-5-7;/h1-5H,6H2,(H,9,10);/q;+1/p-1. The Labute approximate surface area is 118 Å². The summed E-state index contributed by atoms with van der Waals surface area (Å²) in [6, 6.07) is 9.37.